The van der Waals surface area contributed by atoms with Gasteiger partial charge in [-0.1, -0.05) is 6.07 Å². The van der Waals surface area contributed by atoms with Gasteiger partial charge in [0.05, 0.1) is 17.6 Å². The van der Waals surface area contributed by atoms with Crippen LogP contribution in [0.15, 0.2) is 36.4 Å². The lowest BCUT2D eigenvalue weighted by molar-refractivity contribution is -0.274. The van der Waals surface area contributed by atoms with Crippen molar-refractivity contribution in [3.8, 4) is 11.5 Å². The maximum absolute atomic E-state index is 13.3. The Labute approximate surface area is 151 Å². The van der Waals surface area contributed by atoms with Gasteiger partial charge in [0.2, 0.25) is 0 Å². The second-order valence-corrected chi connectivity index (χ2v) is 5.68. The number of halogens is 4. The number of imidazole rings is 1. The van der Waals surface area contributed by atoms with Crippen molar-refractivity contribution in [2.75, 3.05) is 20.3 Å². The van der Waals surface area contributed by atoms with Crippen LogP contribution in [0.25, 0.3) is 11.0 Å². The van der Waals surface area contributed by atoms with Gasteiger partial charge < -0.3 is 19.2 Å². The van der Waals surface area contributed by atoms with Gasteiger partial charge in [-0.2, -0.15) is 0 Å². The number of aromatic amines is 1. The molecule has 144 valence electrons. The molecule has 2 aromatic carbocycles. The topological polar surface area (TPSA) is 56.4 Å². The Bertz CT molecular complexity index is 925. The zero-order chi connectivity index (χ0) is 19.4. The van der Waals surface area contributed by atoms with E-state index in [0.717, 1.165) is 0 Å². The van der Waals surface area contributed by atoms with E-state index in [1.807, 2.05) is 0 Å². The zero-order valence-electron chi connectivity index (χ0n) is 14.3. The maximum atomic E-state index is 13.3. The van der Waals surface area contributed by atoms with Gasteiger partial charge in [0.25, 0.3) is 0 Å². The molecule has 0 unspecified atom stereocenters. The quantitative estimate of drug-likeness (QED) is 0.490. The number of nitrogens with one attached hydrogen (secondary N) is 1. The highest BCUT2D eigenvalue weighted by Gasteiger charge is 2.31. The third kappa shape index (κ3) is 5.10. The largest absolute Gasteiger partial charge is 0.573 e. The molecule has 9 heteroatoms. The Hall–Kier alpha value is -2.81. The summed E-state index contributed by atoms with van der Waals surface area (Å²) in [6.45, 7) is 0.429. The van der Waals surface area contributed by atoms with E-state index in [9.17, 15) is 17.6 Å². The van der Waals surface area contributed by atoms with Crippen LogP contribution in [0.3, 0.4) is 0 Å². The Balaban J connectivity index is 1.86. The molecule has 27 heavy (non-hydrogen) atoms. The number of H-pyrrole nitrogens is 1. The van der Waals surface area contributed by atoms with Crippen molar-refractivity contribution in [3.63, 3.8) is 0 Å². The van der Waals surface area contributed by atoms with Crippen molar-refractivity contribution in [2.24, 2.45) is 0 Å². The molecule has 0 saturated heterocycles. The fraction of sp³-hybridized carbons (Fsp3) is 0.278. The number of hydrogen-bond acceptors (Lipinski definition) is 4. The summed E-state index contributed by atoms with van der Waals surface area (Å²) >= 11 is 0. The molecule has 5 nitrogen and oxygen atoms in total. The predicted molar refractivity (Wildman–Crippen MR) is 89.4 cm³/mol. The molecule has 0 aliphatic heterocycles. The first kappa shape index (κ1) is 19.0. The first-order valence-corrected chi connectivity index (χ1v) is 7.98. The Morgan fingerprint density at radius 3 is 2.63 bits per heavy atom. The van der Waals surface area contributed by atoms with E-state index in [1.165, 1.54) is 37.4 Å². The van der Waals surface area contributed by atoms with Crippen LogP contribution in [0.2, 0.25) is 0 Å². The molecule has 0 saturated carbocycles. The van der Waals surface area contributed by atoms with Crippen LogP contribution >= 0.6 is 0 Å². The summed E-state index contributed by atoms with van der Waals surface area (Å²) in [7, 11) is 1.49. The number of aromatic nitrogens is 2. The summed E-state index contributed by atoms with van der Waals surface area (Å²) < 4.78 is 65.0. The van der Waals surface area contributed by atoms with Gasteiger partial charge >= 0.3 is 6.36 Å². The average molecular weight is 384 g/mol. The molecular weight excluding hydrogens is 368 g/mol. The number of rotatable bonds is 7. The summed E-state index contributed by atoms with van der Waals surface area (Å²) in [4.78, 5) is 7.34. The van der Waals surface area contributed by atoms with E-state index < -0.39 is 12.2 Å². The number of hydrogen-bond donors (Lipinski definition) is 1. The predicted octanol–water partition coefficient (Wildman–Crippen LogP) is 4.22. The van der Waals surface area contributed by atoms with Crippen LogP contribution in [0.5, 0.6) is 11.5 Å². The molecule has 0 spiro atoms. The first-order chi connectivity index (χ1) is 12.8. The maximum Gasteiger partial charge on any atom is 0.573 e. The Morgan fingerprint density at radius 2 is 1.89 bits per heavy atom. The molecule has 0 aliphatic rings. The lowest BCUT2D eigenvalue weighted by Crippen LogP contribution is -2.17. The van der Waals surface area contributed by atoms with Crippen LogP contribution < -0.4 is 9.47 Å². The van der Waals surface area contributed by atoms with Crippen molar-refractivity contribution < 1.29 is 31.8 Å². The van der Waals surface area contributed by atoms with E-state index in [-0.39, 0.29) is 31.1 Å². The van der Waals surface area contributed by atoms with Crippen molar-refractivity contribution in [1.82, 2.24) is 9.97 Å². The van der Waals surface area contributed by atoms with Gasteiger partial charge in [0.15, 0.2) is 0 Å². The molecule has 0 radical (unpaired) electrons. The van der Waals surface area contributed by atoms with Gasteiger partial charge in [-0.3, -0.25) is 0 Å². The number of ether oxygens (including phenoxy) is 3. The minimum absolute atomic E-state index is 0.157. The SMILES string of the molecule is COCCOc1cc(OC(F)(F)F)ccc1Cc1nc2ccc(F)cc2[nH]1. The van der Waals surface area contributed by atoms with E-state index in [1.54, 1.807) is 6.07 Å². The summed E-state index contributed by atoms with van der Waals surface area (Å²) in [5, 5.41) is 0. The minimum Gasteiger partial charge on any atom is -0.491 e. The van der Waals surface area contributed by atoms with Gasteiger partial charge in [-0.15, -0.1) is 13.2 Å². The van der Waals surface area contributed by atoms with Crippen LogP contribution in [-0.4, -0.2) is 36.7 Å². The molecule has 0 aliphatic carbocycles. The highest BCUT2D eigenvalue weighted by atomic mass is 19.4. The van der Waals surface area contributed by atoms with Crippen molar-refractivity contribution >= 4 is 11.0 Å². The van der Waals surface area contributed by atoms with E-state index in [4.69, 9.17) is 9.47 Å². The third-order valence-corrected chi connectivity index (χ3v) is 3.67. The number of alkyl halides is 3. The Kier molecular flexibility index (Phi) is 5.50. The molecule has 3 rings (SSSR count). The van der Waals surface area contributed by atoms with Gasteiger partial charge in [-0.05, 0) is 24.3 Å². The second-order valence-electron chi connectivity index (χ2n) is 5.68. The Morgan fingerprint density at radius 1 is 1.07 bits per heavy atom. The van der Waals surface area contributed by atoms with E-state index >= 15 is 0 Å². The molecule has 3 aromatic rings. The lowest BCUT2D eigenvalue weighted by atomic mass is 10.1. The number of fused-ring (bicyclic) bond motifs is 1. The van der Waals surface area contributed by atoms with Crippen LogP contribution in [0.1, 0.15) is 11.4 Å². The summed E-state index contributed by atoms with van der Waals surface area (Å²) in [6.07, 6.45) is -4.54. The third-order valence-electron chi connectivity index (χ3n) is 3.67. The molecule has 1 N–H and O–H groups in total. The highest BCUT2D eigenvalue weighted by molar-refractivity contribution is 5.75. The summed E-state index contributed by atoms with van der Waals surface area (Å²) in [6, 6.07) is 8.00. The van der Waals surface area contributed by atoms with Gasteiger partial charge in [0, 0.05) is 25.2 Å². The van der Waals surface area contributed by atoms with Gasteiger partial charge in [-0.25, -0.2) is 9.37 Å². The van der Waals surface area contributed by atoms with Crippen molar-refractivity contribution in [3.05, 3.63) is 53.6 Å². The standard InChI is InChI=1S/C18H16F4N2O3/c1-25-6-7-26-16-10-13(27-18(20,21)22)4-2-11(16)8-17-23-14-5-3-12(19)9-15(14)24-17/h2-5,9-10H,6-8H2,1H3,(H,23,24). The van der Waals surface area contributed by atoms with Crippen LogP contribution in [-0.2, 0) is 11.2 Å². The zero-order valence-corrected chi connectivity index (χ0v) is 14.3. The lowest BCUT2D eigenvalue weighted by Gasteiger charge is -2.14. The molecule has 1 heterocycles. The average Bonchev–Trinajstić information content (AvgIpc) is 2.97. The van der Waals surface area contributed by atoms with Gasteiger partial charge in [0.1, 0.15) is 29.7 Å². The molecule has 0 bridgehead atoms. The molecular formula is C18H16F4N2O3. The second kappa shape index (κ2) is 7.83. The normalized spacial score (nSPS) is 11.7. The van der Waals surface area contributed by atoms with Crippen molar-refractivity contribution in [1.29, 1.82) is 0 Å². The number of benzene rings is 2. The highest BCUT2D eigenvalue weighted by Crippen LogP contribution is 2.30. The minimum atomic E-state index is -4.80. The van der Waals surface area contributed by atoms with Crippen molar-refractivity contribution in [2.45, 2.75) is 12.8 Å². The fourth-order valence-corrected chi connectivity index (χ4v) is 2.55. The number of methoxy groups -OCH3 is 1. The van der Waals surface area contributed by atoms with E-state index in [0.29, 0.717) is 22.4 Å². The first-order valence-electron chi connectivity index (χ1n) is 7.98. The smallest absolute Gasteiger partial charge is 0.491 e. The van der Waals surface area contributed by atoms with Crippen LogP contribution in [0, 0.1) is 5.82 Å². The van der Waals surface area contributed by atoms with Crippen LogP contribution in [0.4, 0.5) is 17.6 Å². The summed E-state index contributed by atoms with van der Waals surface area (Å²) in [5.41, 5.74) is 1.72. The number of nitrogens with zero attached hydrogens (tertiary/aromatic N) is 1. The molecule has 0 fully saturated rings. The fourth-order valence-electron chi connectivity index (χ4n) is 2.55. The van der Waals surface area contributed by atoms with E-state index in [2.05, 4.69) is 14.7 Å². The monoisotopic (exact) mass is 384 g/mol. The molecule has 0 amide bonds. The summed E-state index contributed by atoms with van der Waals surface area (Å²) in [5.74, 6) is -0.0302. The molecule has 0 atom stereocenters. The molecule has 1 aromatic heterocycles.